The fourth-order valence-electron chi connectivity index (χ4n) is 2.68. The molecule has 20 heavy (non-hydrogen) atoms. The molecule has 0 bridgehead atoms. The molecule has 0 fully saturated rings. The molecule has 2 aromatic heterocycles. The molecule has 1 N–H and O–H groups in total. The van der Waals surface area contributed by atoms with Crippen LogP contribution in [0, 0.1) is 0 Å². The van der Waals surface area contributed by atoms with Gasteiger partial charge in [-0.2, -0.15) is 5.10 Å². The topological polar surface area (TPSA) is 54.7 Å². The lowest BCUT2D eigenvalue weighted by molar-refractivity contribution is 0.558. The number of benzene rings is 1. The molecule has 0 aliphatic heterocycles. The lowest BCUT2D eigenvalue weighted by atomic mass is 9.88. The van der Waals surface area contributed by atoms with E-state index < -0.39 is 0 Å². The van der Waals surface area contributed by atoms with Gasteiger partial charge in [-0.05, 0) is 5.56 Å². The smallest absolute Gasteiger partial charge is 0.181 e. The van der Waals surface area contributed by atoms with Crippen LogP contribution in [0.1, 0.15) is 22.7 Å². The third-order valence-electron chi connectivity index (χ3n) is 3.70. The van der Waals surface area contributed by atoms with E-state index in [2.05, 4.69) is 51.6 Å². The molecule has 0 spiro atoms. The molecule has 1 atom stereocenters. The van der Waals surface area contributed by atoms with Crippen LogP contribution in [0.25, 0.3) is 17.5 Å². The van der Waals surface area contributed by atoms with Crippen LogP contribution >= 0.6 is 0 Å². The fourth-order valence-corrected chi connectivity index (χ4v) is 2.68. The van der Waals surface area contributed by atoms with Crippen molar-refractivity contribution in [2.75, 3.05) is 0 Å². The summed E-state index contributed by atoms with van der Waals surface area (Å²) < 4.78 is 5.03. The molecule has 4 heteroatoms. The van der Waals surface area contributed by atoms with Gasteiger partial charge in [-0.15, -0.1) is 0 Å². The molecule has 0 amide bonds. The predicted octanol–water partition coefficient (Wildman–Crippen LogP) is 3.42. The summed E-state index contributed by atoms with van der Waals surface area (Å²) in [6.07, 6.45) is 8.34. The number of aromatic amines is 1. The maximum Gasteiger partial charge on any atom is 0.181 e. The van der Waals surface area contributed by atoms with E-state index in [4.69, 9.17) is 4.42 Å². The minimum Gasteiger partial charge on any atom is -0.451 e. The molecule has 1 aliphatic carbocycles. The minimum atomic E-state index is 0.398. The lowest BCUT2D eigenvalue weighted by Crippen LogP contribution is -2.05. The third-order valence-corrected chi connectivity index (χ3v) is 3.70. The lowest BCUT2D eigenvalue weighted by Gasteiger charge is -2.16. The highest BCUT2D eigenvalue weighted by molar-refractivity contribution is 5.72. The Bertz CT molecular complexity index is 741. The number of H-pyrrole nitrogens is 1. The first-order chi connectivity index (χ1) is 9.92. The molecule has 1 unspecified atom stereocenters. The van der Waals surface area contributed by atoms with E-state index in [1.165, 1.54) is 12.0 Å². The first-order valence-corrected chi connectivity index (χ1v) is 6.61. The maximum absolute atomic E-state index is 5.03. The van der Waals surface area contributed by atoms with Crippen molar-refractivity contribution < 1.29 is 4.42 Å². The van der Waals surface area contributed by atoms with Gasteiger partial charge in [0, 0.05) is 23.6 Å². The number of hydrogen-bond donors (Lipinski definition) is 1. The van der Waals surface area contributed by atoms with E-state index in [9.17, 15) is 0 Å². The van der Waals surface area contributed by atoms with Crippen molar-refractivity contribution in [2.24, 2.45) is 0 Å². The highest BCUT2D eigenvalue weighted by Crippen LogP contribution is 2.33. The van der Waals surface area contributed by atoms with Gasteiger partial charge >= 0.3 is 0 Å². The SMILES string of the molecule is C1=CC(c2ccccc2)Cc2[nH]nc(-c3cocn3)c21. The van der Waals surface area contributed by atoms with Gasteiger partial charge in [0.2, 0.25) is 0 Å². The van der Waals surface area contributed by atoms with E-state index in [0.717, 1.165) is 29.1 Å². The van der Waals surface area contributed by atoms with Crippen molar-refractivity contribution >= 4 is 6.08 Å². The Balaban J connectivity index is 1.70. The highest BCUT2D eigenvalue weighted by Gasteiger charge is 2.21. The summed E-state index contributed by atoms with van der Waals surface area (Å²) in [5, 5.41) is 7.50. The van der Waals surface area contributed by atoms with Crippen molar-refractivity contribution in [3.8, 4) is 11.4 Å². The second-order valence-electron chi connectivity index (χ2n) is 4.92. The van der Waals surface area contributed by atoms with Crippen LogP contribution in [0.4, 0.5) is 0 Å². The van der Waals surface area contributed by atoms with Crippen LogP contribution in [-0.2, 0) is 6.42 Å². The zero-order valence-corrected chi connectivity index (χ0v) is 10.8. The Morgan fingerprint density at radius 1 is 1.20 bits per heavy atom. The van der Waals surface area contributed by atoms with E-state index >= 15 is 0 Å². The summed E-state index contributed by atoms with van der Waals surface area (Å²) in [5.41, 5.74) is 5.22. The normalized spacial score (nSPS) is 17.1. The first-order valence-electron chi connectivity index (χ1n) is 6.61. The number of allylic oxidation sites excluding steroid dienone is 1. The highest BCUT2D eigenvalue weighted by atomic mass is 16.3. The summed E-state index contributed by atoms with van der Waals surface area (Å²) in [6.45, 7) is 0. The zero-order chi connectivity index (χ0) is 13.4. The molecular weight excluding hydrogens is 250 g/mol. The van der Waals surface area contributed by atoms with Gasteiger partial charge in [0.1, 0.15) is 17.7 Å². The van der Waals surface area contributed by atoms with Gasteiger partial charge in [0.15, 0.2) is 6.39 Å². The summed E-state index contributed by atoms with van der Waals surface area (Å²) in [6, 6.07) is 10.5. The van der Waals surface area contributed by atoms with Gasteiger partial charge in [-0.3, -0.25) is 5.10 Å². The van der Waals surface area contributed by atoms with Gasteiger partial charge in [-0.25, -0.2) is 4.98 Å². The summed E-state index contributed by atoms with van der Waals surface area (Å²) in [5.74, 6) is 0.398. The van der Waals surface area contributed by atoms with E-state index in [1.807, 2.05) is 6.07 Å². The monoisotopic (exact) mass is 263 g/mol. The summed E-state index contributed by atoms with van der Waals surface area (Å²) >= 11 is 0. The number of oxazole rings is 1. The van der Waals surface area contributed by atoms with Crippen LogP contribution < -0.4 is 0 Å². The Labute approximate surface area is 116 Å². The molecule has 0 radical (unpaired) electrons. The maximum atomic E-state index is 5.03. The van der Waals surface area contributed by atoms with Gasteiger partial charge in [0.05, 0.1) is 0 Å². The number of rotatable bonds is 2. The molecule has 1 aliphatic rings. The van der Waals surface area contributed by atoms with Crippen LogP contribution in [-0.4, -0.2) is 15.2 Å². The second kappa shape index (κ2) is 4.49. The number of fused-ring (bicyclic) bond motifs is 1. The van der Waals surface area contributed by atoms with Gasteiger partial charge in [-0.1, -0.05) is 42.5 Å². The Kier molecular flexibility index (Phi) is 2.52. The van der Waals surface area contributed by atoms with Crippen molar-refractivity contribution in [3.05, 3.63) is 65.9 Å². The van der Waals surface area contributed by atoms with Crippen molar-refractivity contribution in [2.45, 2.75) is 12.3 Å². The quantitative estimate of drug-likeness (QED) is 0.770. The largest absolute Gasteiger partial charge is 0.451 e. The summed E-state index contributed by atoms with van der Waals surface area (Å²) in [7, 11) is 0. The van der Waals surface area contributed by atoms with Crippen LogP contribution in [0.3, 0.4) is 0 Å². The van der Waals surface area contributed by atoms with Crippen LogP contribution in [0.2, 0.25) is 0 Å². The average molecular weight is 263 g/mol. The van der Waals surface area contributed by atoms with E-state index in [1.54, 1.807) is 6.26 Å². The Morgan fingerprint density at radius 3 is 2.90 bits per heavy atom. The second-order valence-corrected chi connectivity index (χ2v) is 4.92. The third kappa shape index (κ3) is 1.77. The standard InChI is InChI=1S/C16H13N3O/c1-2-4-11(5-3-1)12-6-7-13-14(8-12)18-19-16(13)15-9-20-10-17-15/h1-7,9-10,12H,8H2,(H,18,19). The van der Waals surface area contributed by atoms with Crippen molar-refractivity contribution in [3.63, 3.8) is 0 Å². The van der Waals surface area contributed by atoms with Crippen LogP contribution in [0.5, 0.6) is 0 Å². The number of nitrogens with zero attached hydrogens (tertiary/aromatic N) is 2. The first kappa shape index (κ1) is 11.2. The zero-order valence-electron chi connectivity index (χ0n) is 10.8. The number of aromatic nitrogens is 3. The fraction of sp³-hybridized carbons (Fsp3) is 0.125. The van der Waals surface area contributed by atoms with E-state index in [0.29, 0.717) is 5.92 Å². The predicted molar refractivity (Wildman–Crippen MR) is 76.0 cm³/mol. The molecule has 0 saturated heterocycles. The molecule has 98 valence electrons. The van der Waals surface area contributed by atoms with Crippen LogP contribution in [0.15, 0.2) is 53.5 Å². The van der Waals surface area contributed by atoms with E-state index in [-0.39, 0.29) is 0 Å². The van der Waals surface area contributed by atoms with Gasteiger partial charge < -0.3 is 4.42 Å². The van der Waals surface area contributed by atoms with Crippen molar-refractivity contribution in [1.82, 2.24) is 15.2 Å². The molecule has 1 aromatic carbocycles. The Hall–Kier alpha value is -2.62. The van der Waals surface area contributed by atoms with Crippen molar-refractivity contribution in [1.29, 1.82) is 0 Å². The van der Waals surface area contributed by atoms with Gasteiger partial charge in [0.25, 0.3) is 0 Å². The molecule has 4 rings (SSSR count). The molecule has 3 aromatic rings. The number of nitrogens with one attached hydrogen (secondary N) is 1. The minimum absolute atomic E-state index is 0.398. The molecule has 2 heterocycles. The molecular formula is C16H13N3O. The Morgan fingerprint density at radius 2 is 2.10 bits per heavy atom. The average Bonchev–Trinajstić information content (AvgIpc) is 3.16. The molecule has 0 saturated carbocycles. The number of hydrogen-bond acceptors (Lipinski definition) is 3. The molecule has 4 nitrogen and oxygen atoms in total. The summed E-state index contributed by atoms with van der Waals surface area (Å²) in [4.78, 5) is 4.16.